The van der Waals surface area contributed by atoms with E-state index in [9.17, 15) is 0 Å². The zero-order chi connectivity index (χ0) is 10.4. The number of hydrogen-bond acceptors (Lipinski definition) is 1. The molecular formula is C13H21N. The molecule has 0 aromatic heterocycles. The van der Waals surface area contributed by atoms with Crippen molar-refractivity contribution < 1.29 is 0 Å². The first kappa shape index (κ1) is 11.1. The van der Waals surface area contributed by atoms with Crippen LogP contribution in [0.1, 0.15) is 32.6 Å². The van der Waals surface area contributed by atoms with Crippen LogP contribution in [-0.2, 0) is 0 Å². The molecule has 0 aromatic rings. The molecule has 1 aliphatic heterocycles. The van der Waals surface area contributed by atoms with Gasteiger partial charge in [0.1, 0.15) is 0 Å². The predicted molar refractivity (Wildman–Crippen MR) is 63.1 cm³/mol. The molecule has 1 nitrogen and oxygen atoms in total. The van der Waals surface area contributed by atoms with E-state index < -0.39 is 0 Å². The fourth-order valence-electron chi connectivity index (χ4n) is 1.96. The molecule has 0 N–H and O–H groups in total. The van der Waals surface area contributed by atoms with Gasteiger partial charge in [0.05, 0.1) is 0 Å². The van der Waals surface area contributed by atoms with Crippen molar-refractivity contribution in [2.24, 2.45) is 0 Å². The molecule has 1 fully saturated rings. The second kappa shape index (κ2) is 5.69. The number of likely N-dealkylation sites (tertiary alicyclic amines) is 1. The van der Waals surface area contributed by atoms with Crippen LogP contribution < -0.4 is 0 Å². The molecule has 0 unspecified atom stereocenters. The lowest BCUT2D eigenvalue weighted by Crippen LogP contribution is -2.23. The Morgan fingerprint density at radius 3 is 2.00 bits per heavy atom. The summed E-state index contributed by atoms with van der Waals surface area (Å²) in [6.45, 7) is 12.2. The molecule has 0 amide bonds. The van der Waals surface area contributed by atoms with E-state index in [0.29, 0.717) is 0 Å². The molecule has 0 atom stereocenters. The normalized spacial score (nSPS) is 19.6. The monoisotopic (exact) mass is 191 g/mol. The van der Waals surface area contributed by atoms with Gasteiger partial charge in [0.25, 0.3) is 0 Å². The standard InChI is InChI=1S/C13H21N/c1-4-12(3)13(5-2)14-10-8-6-7-9-11-14/h4-5H,1-2,6-11H2,3H3/b13-12+. The van der Waals surface area contributed by atoms with Crippen molar-refractivity contribution in [2.45, 2.75) is 32.6 Å². The molecule has 0 bridgehead atoms. The quantitative estimate of drug-likeness (QED) is 0.617. The Morgan fingerprint density at radius 1 is 1.00 bits per heavy atom. The van der Waals surface area contributed by atoms with Crippen molar-refractivity contribution in [3.05, 3.63) is 36.6 Å². The van der Waals surface area contributed by atoms with Crippen molar-refractivity contribution in [1.29, 1.82) is 0 Å². The fraction of sp³-hybridized carbons (Fsp3) is 0.538. The summed E-state index contributed by atoms with van der Waals surface area (Å²) in [7, 11) is 0. The van der Waals surface area contributed by atoms with E-state index in [-0.39, 0.29) is 0 Å². The second-order valence-corrected chi connectivity index (χ2v) is 3.88. The van der Waals surface area contributed by atoms with E-state index in [0.717, 1.165) is 0 Å². The lowest BCUT2D eigenvalue weighted by atomic mass is 10.2. The van der Waals surface area contributed by atoms with Crippen molar-refractivity contribution in [3.63, 3.8) is 0 Å². The van der Waals surface area contributed by atoms with Crippen molar-refractivity contribution in [1.82, 2.24) is 4.90 Å². The molecule has 14 heavy (non-hydrogen) atoms. The Hall–Kier alpha value is -0.980. The molecule has 78 valence electrons. The number of hydrogen-bond donors (Lipinski definition) is 0. The number of allylic oxidation sites excluding steroid dienone is 3. The molecule has 1 saturated heterocycles. The Bertz CT molecular complexity index is 230. The average molecular weight is 191 g/mol. The van der Waals surface area contributed by atoms with Gasteiger partial charge in [-0.15, -0.1) is 0 Å². The van der Waals surface area contributed by atoms with E-state index in [1.165, 1.54) is 50.0 Å². The predicted octanol–water partition coefficient (Wildman–Crippen LogP) is 3.51. The number of rotatable bonds is 3. The summed E-state index contributed by atoms with van der Waals surface area (Å²) in [5, 5.41) is 0. The molecule has 0 saturated carbocycles. The van der Waals surface area contributed by atoms with Gasteiger partial charge in [0.2, 0.25) is 0 Å². The maximum atomic E-state index is 3.89. The average Bonchev–Trinajstić information content (AvgIpc) is 2.47. The Labute approximate surface area is 87.8 Å². The van der Waals surface area contributed by atoms with Gasteiger partial charge in [-0.05, 0) is 31.4 Å². The van der Waals surface area contributed by atoms with Crippen molar-refractivity contribution in [3.8, 4) is 0 Å². The molecule has 0 spiro atoms. The zero-order valence-corrected chi connectivity index (χ0v) is 9.26. The summed E-state index contributed by atoms with van der Waals surface area (Å²) >= 11 is 0. The Morgan fingerprint density at radius 2 is 1.57 bits per heavy atom. The van der Waals surface area contributed by atoms with Crippen LogP contribution in [0.5, 0.6) is 0 Å². The van der Waals surface area contributed by atoms with Crippen LogP contribution in [0.25, 0.3) is 0 Å². The minimum Gasteiger partial charge on any atom is -0.371 e. The first-order valence-electron chi connectivity index (χ1n) is 5.50. The largest absolute Gasteiger partial charge is 0.371 e. The lowest BCUT2D eigenvalue weighted by Gasteiger charge is -2.25. The highest BCUT2D eigenvalue weighted by atomic mass is 15.1. The van der Waals surface area contributed by atoms with Crippen LogP contribution in [0.3, 0.4) is 0 Å². The zero-order valence-electron chi connectivity index (χ0n) is 9.26. The van der Waals surface area contributed by atoms with Gasteiger partial charge in [-0.3, -0.25) is 0 Å². The smallest absolute Gasteiger partial charge is 0.0389 e. The molecular weight excluding hydrogens is 170 g/mol. The van der Waals surface area contributed by atoms with E-state index in [2.05, 4.69) is 25.0 Å². The SMILES string of the molecule is C=C/C(C)=C(\C=C)N1CCCCCC1. The molecule has 0 aliphatic carbocycles. The van der Waals surface area contributed by atoms with Gasteiger partial charge < -0.3 is 4.90 Å². The lowest BCUT2D eigenvalue weighted by molar-refractivity contribution is 0.367. The first-order valence-corrected chi connectivity index (χ1v) is 5.50. The van der Waals surface area contributed by atoms with Crippen molar-refractivity contribution >= 4 is 0 Å². The molecule has 1 heterocycles. The summed E-state index contributed by atoms with van der Waals surface area (Å²) < 4.78 is 0. The van der Waals surface area contributed by atoms with Gasteiger partial charge in [-0.2, -0.15) is 0 Å². The molecule has 1 rings (SSSR count). The summed E-state index contributed by atoms with van der Waals surface area (Å²) in [4.78, 5) is 2.44. The van der Waals surface area contributed by atoms with Crippen LogP contribution in [0, 0.1) is 0 Å². The van der Waals surface area contributed by atoms with Crippen LogP contribution in [0.15, 0.2) is 36.6 Å². The van der Waals surface area contributed by atoms with Gasteiger partial charge >= 0.3 is 0 Å². The van der Waals surface area contributed by atoms with Crippen LogP contribution >= 0.6 is 0 Å². The maximum Gasteiger partial charge on any atom is 0.0389 e. The molecule has 0 radical (unpaired) electrons. The minimum absolute atomic E-state index is 1.17. The highest BCUT2D eigenvalue weighted by Crippen LogP contribution is 2.18. The molecule has 1 heteroatoms. The second-order valence-electron chi connectivity index (χ2n) is 3.88. The fourth-order valence-corrected chi connectivity index (χ4v) is 1.96. The van der Waals surface area contributed by atoms with Crippen LogP contribution in [0.2, 0.25) is 0 Å². The van der Waals surface area contributed by atoms with E-state index in [4.69, 9.17) is 0 Å². The minimum atomic E-state index is 1.17. The highest BCUT2D eigenvalue weighted by molar-refractivity contribution is 5.28. The van der Waals surface area contributed by atoms with Gasteiger partial charge in [-0.1, -0.05) is 32.1 Å². The maximum absolute atomic E-state index is 3.89. The third-order valence-electron chi connectivity index (χ3n) is 2.85. The topological polar surface area (TPSA) is 3.24 Å². The van der Waals surface area contributed by atoms with Gasteiger partial charge in [0.15, 0.2) is 0 Å². The van der Waals surface area contributed by atoms with Gasteiger partial charge in [0, 0.05) is 18.8 Å². The summed E-state index contributed by atoms with van der Waals surface area (Å²) in [6, 6.07) is 0. The first-order chi connectivity index (χ1) is 6.79. The van der Waals surface area contributed by atoms with Crippen LogP contribution in [0.4, 0.5) is 0 Å². The molecule has 1 aliphatic rings. The summed E-state index contributed by atoms with van der Waals surface area (Å²) in [5.41, 5.74) is 2.50. The third-order valence-corrected chi connectivity index (χ3v) is 2.85. The summed E-state index contributed by atoms with van der Waals surface area (Å²) in [5.74, 6) is 0. The number of nitrogens with zero attached hydrogens (tertiary/aromatic N) is 1. The molecule has 0 aromatic carbocycles. The van der Waals surface area contributed by atoms with Crippen molar-refractivity contribution in [2.75, 3.05) is 13.1 Å². The van der Waals surface area contributed by atoms with Gasteiger partial charge in [-0.25, -0.2) is 0 Å². The van der Waals surface area contributed by atoms with E-state index in [1.54, 1.807) is 0 Å². The summed E-state index contributed by atoms with van der Waals surface area (Å²) in [6.07, 6.45) is 9.23. The van der Waals surface area contributed by atoms with Crippen LogP contribution in [-0.4, -0.2) is 18.0 Å². The third kappa shape index (κ3) is 2.76. The Kier molecular flexibility index (Phi) is 4.51. The van der Waals surface area contributed by atoms with E-state index in [1.807, 2.05) is 12.2 Å². The highest BCUT2D eigenvalue weighted by Gasteiger charge is 2.10. The Balaban J connectivity index is 2.76. The van der Waals surface area contributed by atoms with E-state index >= 15 is 0 Å².